The molecule has 0 aliphatic heterocycles. The molecule has 0 aliphatic carbocycles. The van der Waals surface area contributed by atoms with Crippen molar-refractivity contribution in [3.63, 3.8) is 0 Å². The van der Waals surface area contributed by atoms with E-state index in [2.05, 4.69) is 0 Å². The van der Waals surface area contributed by atoms with Gasteiger partial charge in [-0.3, -0.25) is 0 Å². The lowest BCUT2D eigenvalue weighted by Gasteiger charge is -2.15. The van der Waals surface area contributed by atoms with Gasteiger partial charge in [0.25, 0.3) is 0 Å². The molecule has 0 amide bonds. The summed E-state index contributed by atoms with van der Waals surface area (Å²) >= 11 is 18.0. The molecule has 0 radical (unpaired) electrons. The van der Waals surface area contributed by atoms with Crippen LogP contribution in [0.1, 0.15) is 22.8 Å². The van der Waals surface area contributed by atoms with Gasteiger partial charge in [-0.05, 0) is 30.2 Å². The number of aliphatic hydroxyl groups is 1. The normalized spacial score (nSPS) is 12.5. The van der Waals surface area contributed by atoms with Crippen molar-refractivity contribution in [3.8, 4) is 0 Å². The van der Waals surface area contributed by atoms with Crippen LogP contribution in [-0.4, -0.2) is 5.11 Å². The highest BCUT2D eigenvalue weighted by atomic mass is 35.5. The van der Waals surface area contributed by atoms with Gasteiger partial charge >= 0.3 is 0 Å². The van der Waals surface area contributed by atoms with Crippen molar-refractivity contribution in [1.29, 1.82) is 0 Å². The Morgan fingerprint density at radius 3 is 2.39 bits per heavy atom. The first-order valence-electron chi connectivity index (χ1n) is 5.38. The van der Waals surface area contributed by atoms with Crippen molar-refractivity contribution in [2.45, 2.75) is 13.0 Å². The van der Waals surface area contributed by atoms with Crippen LogP contribution in [-0.2, 0) is 0 Å². The number of hydrogen-bond donors (Lipinski definition) is 1. The van der Waals surface area contributed by atoms with Gasteiger partial charge in [-0.1, -0.05) is 59.1 Å². The summed E-state index contributed by atoms with van der Waals surface area (Å²) in [7, 11) is 0. The second kappa shape index (κ2) is 5.50. The predicted octanol–water partition coefficient (Wildman–Crippen LogP) is 5.04. The van der Waals surface area contributed by atoms with Crippen LogP contribution >= 0.6 is 34.8 Å². The molecule has 0 heterocycles. The predicted molar refractivity (Wildman–Crippen MR) is 76.7 cm³/mol. The average Bonchev–Trinajstić information content (AvgIpc) is 2.35. The van der Waals surface area contributed by atoms with Crippen LogP contribution in [0.5, 0.6) is 0 Å². The fourth-order valence-electron chi connectivity index (χ4n) is 1.74. The van der Waals surface area contributed by atoms with Gasteiger partial charge in [0.1, 0.15) is 6.10 Å². The lowest BCUT2D eigenvalue weighted by Crippen LogP contribution is -2.01. The van der Waals surface area contributed by atoms with Crippen molar-refractivity contribution < 1.29 is 5.11 Å². The third-order valence-electron chi connectivity index (χ3n) is 2.78. The van der Waals surface area contributed by atoms with Crippen LogP contribution < -0.4 is 0 Å². The van der Waals surface area contributed by atoms with Crippen LogP contribution in [0.15, 0.2) is 36.4 Å². The molecule has 2 rings (SSSR count). The molecule has 0 spiro atoms. The maximum absolute atomic E-state index is 10.3. The highest BCUT2D eigenvalue weighted by molar-refractivity contribution is 6.42. The number of rotatable bonds is 2. The molecule has 0 aliphatic rings. The monoisotopic (exact) mass is 300 g/mol. The van der Waals surface area contributed by atoms with E-state index in [9.17, 15) is 5.11 Å². The number of halogens is 3. The lowest BCUT2D eigenvalue weighted by molar-refractivity contribution is 0.220. The SMILES string of the molecule is Cc1cccc(C(O)c2ccc(Cl)c(Cl)c2)c1Cl. The van der Waals surface area contributed by atoms with Gasteiger partial charge in [-0.2, -0.15) is 0 Å². The van der Waals surface area contributed by atoms with Crippen molar-refractivity contribution in [2.24, 2.45) is 0 Å². The first-order valence-corrected chi connectivity index (χ1v) is 6.52. The van der Waals surface area contributed by atoms with Crippen molar-refractivity contribution >= 4 is 34.8 Å². The van der Waals surface area contributed by atoms with Crippen LogP contribution in [0.4, 0.5) is 0 Å². The van der Waals surface area contributed by atoms with E-state index >= 15 is 0 Å². The van der Waals surface area contributed by atoms with Crippen LogP contribution in [0.2, 0.25) is 15.1 Å². The quantitative estimate of drug-likeness (QED) is 0.824. The van der Waals surface area contributed by atoms with Gasteiger partial charge in [0, 0.05) is 10.6 Å². The van der Waals surface area contributed by atoms with Crippen molar-refractivity contribution in [1.82, 2.24) is 0 Å². The molecule has 18 heavy (non-hydrogen) atoms. The summed E-state index contributed by atoms with van der Waals surface area (Å²) < 4.78 is 0. The zero-order valence-electron chi connectivity index (χ0n) is 9.62. The second-order valence-electron chi connectivity index (χ2n) is 4.05. The molecule has 0 saturated heterocycles. The molecule has 2 aromatic carbocycles. The Hall–Kier alpha value is -0.730. The van der Waals surface area contributed by atoms with Gasteiger partial charge in [0.15, 0.2) is 0 Å². The van der Waals surface area contributed by atoms with Gasteiger partial charge in [-0.15, -0.1) is 0 Å². The van der Waals surface area contributed by atoms with Crippen molar-refractivity contribution in [2.75, 3.05) is 0 Å². The largest absolute Gasteiger partial charge is 0.384 e. The summed E-state index contributed by atoms with van der Waals surface area (Å²) in [6.07, 6.45) is -0.813. The Kier molecular flexibility index (Phi) is 4.18. The van der Waals surface area contributed by atoms with Crippen LogP contribution in [0.3, 0.4) is 0 Å². The molecule has 1 unspecified atom stereocenters. The first kappa shape index (κ1) is 13.7. The van der Waals surface area contributed by atoms with Gasteiger partial charge in [0.2, 0.25) is 0 Å². The van der Waals surface area contributed by atoms with E-state index in [0.29, 0.717) is 26.2 Å². The fraction of sp³-hybridized carbons (Fsp3) is 0.143. The maximum atomic E-state index is 10.3. The molecule has 2 aromatic rings. The Morgan fingerprint density at radius 2 is 1.72 bits per heavy atom. The minimum Gasteiger partial charge on any atom is -0.384 e. The topological polar surface area (TPSA) is 20.2 Å². The summed E-state index contributed by atoms with van der Waals surface area (Å²) in [5, 5.41) is 11.8. The van der Waals surface area contributed by atoms with E-state index in [-0.39, 0.29) is 0 Å². The molecule has 1 atom stereocenters. The Morgan fingerprint density at radius 1 is 1.00 bits per heavy atom. The van der Waals surface area contributed by atoms with E-state index in [1.807, 2.05) is 19.1 Å². The average molecular weight is 302 g/mol. The zero-order valence-corrected chi connectivity index (χ0v) is 11.9. The third kappa shape index (κ3) is 2.65. The smallest absolute Gasteiger partial charge is 0.106 e. The standard InChI is InChI=1S/C14H11Cl3O/c1-8-3-2-4-10(13(8)17)14(18)9-5-6-11(15)12(16)7-9/h2-7,14,18H,1H3. The molecule has 0 aromatic heterocycles. The molecule has 1 nitrogen and oxygen atoms in total. The lowest BCUT2D eigenvalue weighted by atomic mass is 10.00. The van der Waals surface area contributed by atoms with Crippen molar-refractivity contribution in [3.05, 3.63) is 68.2 Å². The zero-order chi connectivity index (χ0) is 13.3. The molecule has 0 fully saturated rings. The molecule has 0 saturated carbocycles. The summed E-state index contributed by atoms with van der Waals surface area (Å²) in [6, 6.07) is 10.6. The number of benzene rings is 2. The fourth-order valence-corrected chi connectivity index (χ4v) is 2.28. The molecule has 1 N–H and O–H groups in total. The highest BCUT2D eigenvalue weighted by Crippen LogP contribution is 2.33. The minimum absolute atomic E-state index is 0.414. The van der Waals surface area contributed by atoms with E-state index in [4.69, 9.17) is 34.8 Å². The maximum Gasteiger partial charge on any atom is 0.106 e. The highest BCUT2D eigenvalue weighted by Gasteiger charge is 2.15. The Balaban J connectivity index is 2.44. The van der Waals surface area contributed by atoms with E-state index in [0.717, 1.165) is 5.56 Å². The minimum atomic E-state index is -0.813. The Bertz CT molecular complexity index is 581. The summed E-state index contributed by atoms with van der Waals surface area (Å²) in [5.74, 6) is 0. The molecule has 4 heteroatoms. The first-order chi connectivity index (χ1) is 8.50. The molecule has 0 bridgehead atoms. The van der Waals surface area contributed by atoms with Gasteiger partial charge < -0.3 is 5.11 Å². The second-order valence-corrected chi connectivity index (χ2v) is 5.25. The third-order valence-corrected chi connectivity index (χ3v) is 4.03. The van der Waals surface area contributed by atoms with E-state index in [1.165, 1.54) is 0 Å². The van der Waals surface area contributed by atoms with Crippen LogP contribution in [0.25, 0.3) is 0 Å². The summed E-state index contributed by atoms with van der Waals surface area (Å²) in [5.41, 5.74) is 2.25. The number of aryl methyl sites for hydroxylation is 1. The Labute approximate surface area is 121 Å². The molecular weight excluding hydrogens is 291 g/mol. The summed E-state index contributed by atoms with van der Waals surface area (Å²) in [6.45, 7) is 1.90. The summed E-state index contributed by atoms with van der Waals surface area (Å²) in [4.78, 5) is 0. The molecular formula is C14H11Cl3O. The van der Waals surface area contributed by atoms with Crippen LogP contribution in [0, 0.1) is 6.92 Å². The number of hydrogen-bond acceptors (Lipinski definition) is 1. The number of aliphatic hydroxyl groups excluding tert-OH is 1. The van der Waals surface area contributed by atoms with E-state index in [1.54, 1.807) is 24.3 Å². The van der Waals surface area contributed by atoms with E-state index < -0.39 is 6.10 Å². The molecule has 94 valence electrons. The van der Waals surface area contributed by atoms with Gasteiger partial charge in [0.05, 0.1) is 10.0 Å². The van der Waals surface area contributed by atoms with Gasteiger partial charge in [-0.25, -0.2) is 0 Å².